The van der Waals surface area contributed by atoms with Gasteiger partial charge in [0, 0.05) is 17.1 Å². The van der Waals surface area contributed by atoms with Gasteiger partial charge in [-0.25, -0.2) is 12.1 Å². The van der Waals surface area contributed by atoms with Crippen molar-refractivity contribution in [3.8, 4) is 0 Å². The average molecular weight is 250 g/mol. The first-order chi connectivity index (χ1) is 5.93. The third kappa shape index (κ3) is 6.19. The Morgan fingerprint density at radius 2 is 1.31 bits per heavy atom. The van der Waals surface area contributed by atoms with Crippen LogP contribution in [-0.2, 0) is 17.1 Å². The van der Waals surface area contributed by atoms with Gasteiger partial charge in [-0.05, 0) is 0 Å². The summed E-state index contributed by atoms with van der Waals surface area (Å²) in [4.78, 5) is 0. The normalized spacial score (nSPS) is 9.00. The molecule has 0 heterocycles. The molecule has 3 heteroatoms. The summed E-state index contributed by atoms with van der Waals surface area (Å²) in [6.07, 6.45) is 0. The van der Waals surface area contributed by atoms with E-state index >= 15 is 0 Å². The zero-order valence-electron chi connectivity index (χ0n) is 7.13. The summed E-state index contributed by atoms with van der Waals surface area (Å²) in [5.74, 6) is 0. The van der Waals surface area contributed by atoms with Crippen LogP contribution in [0.25, 0.3) is 0 Å². The molecule has 2 atom stereocenters. The molecule has 2 aromatic carbocycles. The number of rotatable bonds is 1. The van der Waals surface area contributed by atoms with Gasteiger partial charge in [-0.15, -0.1) is 22.5 Å². The molecule has 0 bridgehead atoms. The summed E-state index contributed by atoms with van der Waals surface area (Å²) < 4.78 is 0. The molecule has 0 spiro atoms. The second-order valence-electron chi connectivity index (χ2n) is 2.28. The first kappa shape index (κ1) is 13.1. The van der Waals surface area contributed by atoms with Crippen molar-refractivity contribution in [1.29, 1.82) is 0 Å². The molecule has 13 heavy (non-hydrogen) atoms. The van der Waals surface area contributed by atoms with Gasteiger partial charge in [0.1, 0.15) is 0 Å². The zero-order valence-corrected chi connectivity index (χ0v) is 10.4. The molecule has 2 aromatic rings. The molecular weight excluding hydrogens is 238 g/mol. The average Bonchev–Trinajstić information content (AvgIpc) is 2.81. The molecule has 0 aliphatic carbocycles. The molecular formula is C10H12FeP2-6. The minimum atomic E-state index is 0. The topological polar surface area (TPSA) is 0 Å². The van der Waals surface area contributed by atoms with Crippen molar-refractivity contribution in [3.63, 3.8) is 0 Å². The maximum Gasteiger partial charge on any atom is 0 e. The minimum absolute atomic E-state index is 0. The van der Waals surface area contributed by atoms with Crippen LogP contribution in [0.1, 0.15) is 0 Å². The van der Waals surface area contributed by atoms with Gasteiger partial charge in [-0.1, -0.05) is 0 Å². The molecule has 0 aromatic heterocycles. The van der Waals surface area contributed by atoms with E-state index < -0.39 is 0 Å². The quantitative estimate of drug-likeness (QED) is 0.414. The standard InChI is InChI=1S/C5H7P2.C5H5.Fe/c6-7-5-3-1-2-4-5;1-2-4-5-3-1;/h1-4,7H,6H2;1-5H;/q-1;-5;. The van der Waals surface area contributed by atoms with Gasteiger partial charge in [0.15, 0.2) is 0 Å². The van der Waals surface area contributed by atoms with Crippen LogP contribution in [0.5, 0.6) is 0 Å². The van der Waals surface area contributed by atoms with Crippen molar-refractivity contribution >= 4 is 22.5 Å². The minimum Gasteiger partial charge on any atom is -0.748 e. The fourth-order valence-corrected chi connectivity index (χ4v) is 1.75. The number of hydrogen-bond donors (Lipinski definition) is 0. The Bertz CT molecular complexity index is 244. The van der Waals surface area contributed by atoms with Gasteiger partial charge in [-0.2, -0.15) is 12.1 Å². The van der Waals surface area contributed by atoms with E-state index in [1.54, 1.807) is 0 Å². The van der Waals surface area contributed by atoms with Crippen LogP contribution < -0.4 is 5.30 Å². The third-order valence-corrected chi connectivity index (χ3v) is 3.05. The fraction of sp³-hybridized carbons (Fsp3) is 0. The smallest absolute Gasteiger partial charge is 0 e. The first-order valence-corrected chi connectivity index (χ1v) is 6.59. The van der Waals surface area contributed by atoms with Crippen molar-refractivity contribution in [1.82, 2.24) is 0 Å². The first-order valence-electron chi connectivity index (χ1n) is 3.78. The van der Waals surface area contributed by atoms with E-state index in [4.69, 9.17) is 0 Å². The third-order valence-electron chi connectivity index (χ3n) is 1.38. The molecule has 0 saturated carbocycles. The second-order valence-corrected chi connectivity index (χ2v) is 4.01. The van der Waals surface area contributed by atoms with Gasteiger partial charge in [-0.3, -0.25) is 0 Å². The summed E-state index contributed by atoms with van der Waals surface area (Å²) in [6, 6.07) is 18.4. The van der Waals surface area contributed by atoms with Gasteiger partial charge in [0.2, 0.25) is 0 Å². The van der Waals surface area contributed by atoms with Crippen LogP contribution in [0.15, 0.2) is 54.6 Å². The van der Waals surface area contributed by atoms with Crippen molar-refractivity contribution in [3.05, 3.63) is 54.6 Å². The van der Waals surface area contributed by atoms with Gasteiger partial charge in [0.25, 0.3) is 0 Å². The Hall–Kier alpha value is 0.0795. The fourth-order valence-electron chi connectivity index (χ4n) is 0.791. The van der Waals surface area contributed by atoms with Crippen LogP contribution in [-0.4, -0.2) is 0 Å². The molecule has 0 aliphatic heterocycles. The van der Waals surface area contributed by atoms with E-state index in [0.717, 1.165) is 8.27 Å². The molecule has 0 saturated heterocycles. The Labute approximate surface area is 94.2 Å². The van der Waals surface area contributed by atoms with E-state index in [0.29, 0.717) is 0 Å². The molecule has 0 amide bonds. The molecule has 2 rings (SSSR count). The summed E-state index contributed by atoms with van der Waals surface area (Å²) >= 11 is 0. The molecule has 76 valence electrons. The predicted octanol–water partition coefficient (Wildman–Crippen LogP) is 2.90. The summed E-state index contributed by atoms with van der Waals surface area (Å²) in [7, 11) is 3.58. The molecule has 0 nitrogen and oxygen atoms in total. The summed E-state index contributed by atoms with van der Waals surface area (Å²) in [5.41, 5.74) is 0. The van der Waals surface area contributed by atoms with Crippen molar-refractivity contribution in [2.75, 3.05) is 0 Å². The van der Waals surface area contributed by atoms with Gasteiger partial charge >= 0.3 is 0 Å². The number of hydrogen-bond acceptors (Lipinski definition) is 0. The largest absolute Gasteiger partial charge is 0.748 e. The van der Waals surface area contributed by atoms with Crippen LogP contribution >= 0.6 is 17.2 Å². The Kier molecular flexibility index (Phi) is 8.72. The predicted molar refractivity (Wildman–Crippen MR) is 61.7 cm³/mol. The molecule has 2 unspecified atom stereocenters. The Morgan fingerprint density at radius 1 is 0.923 bits per heavy atom. The van der Waals surface area contributed by atoms with Crippen molar-refractivity contribution < 1.29 is 17.1 Å². The summed E-state index contributed by atoms with van der Waals surface area (Å²) in [6.45, 7) is 0. The van der Waals surface area contributed by atoms with Crippen LogP contribution in [0, 0.1) is 0 Å². The second kappa shape index (κ2) is 8.67. The van der Waals surface area contributed by atoms with Crippen LogP contribution in [0.4, 0.5) is 0 Å². The van der Waals surface area contributed by atoms with E-state index in [-0.39, 0.29) is 17.1 Å². The zero-order chi connectivity index (χ0) is 8.65. The monoisotopic (exact) mass is 250 g/mol. The van der Waals surface area contributed by atoms with E-state index in [1.165, 1.54) is 5.30 Å². The Morgan fingerprint density at radius 3 is 1.54 bits per heavy atom. The van der Waals surface area contributed by atoms with E-state index in [1.807, 2.05) is 30.3 Å². The SMILES string of the molecule is PP[c-]1cccc1.[Fe].[cH-]1[cH-][cH-][cH-][cH-]1. The van der Waals surface area contributed by atoms with Crippen LogP contribution in [0.2, 0.25) is 0 Å². The maximum atomic E-state index is 2.71. The maximum absolute atomic E-state index is 2.71. The van der Waals surface area contributed by atoms with E-state index in [9.17, 15) is 0 Å². The van der Waals surface area contributed by atoms with Crippen molar-refractivity contribution in [2.24, 2.45) is 0 Å². The molecule has 0 aliphatic rings. The molecule has 0 fully saturated rings. The van der Waals surface area contributed by atoms with Gasteiger partial charge in [0.05, 0.1) is 0 Å². The Balaban J connectivity index is 0.000000215. The van der Waals surface area contributed by atoms with Crippen LogP contribution in [0.3, 0.4) is 0 Å². The molecule has 0 radical (unpaired) electrons. The molecule has 0 N–H and O–H groups in total. The van der Waals surface area contributed by atoms with Crippen molar-refractivity contribution in [2.45, 2.75) is 0 Å². The van der Waals surface area contributed by atoms with Gasteiger partial charge < -0.3 is 30.3 Å². The summed E-state index contributed by atoms with van der Waals surface area (Å²) in [5, 5.41) is 1.42. The van der Waals surface area contributed by atoms with E-state index in [2.05, 4.69) is 33.2 Å².